The second-order valence-electron chi connectivity index (χ2n) is 12.4. The van der Waals surface area contributed by atoms with E-state index in [2.05, 4.69) is 88.6 Å². The van der Waals surface area contributed by atoms with Crippen molar-refractivity contribution in [2.45, 2.75) is 70.8 Å². The Kier molecular flexibility index (Phi) is 7.72. The fraction of sp³-hybridized carbons (Fsp3) is 0.324. The second kappa shape index (κ2) is 10.9. The van der Waals surface area contributed by atoms with E-state index >= 15 is 0 Å². The Labute approximate surface area is 241 Å². The molecular formula is C34H37ClN2OS. The fourth-order valence-electron chi connectivity index (χ4n) is 4.84. The van der Waals surface area contributed by atoms with Crippen LogP contribution in [0.25, 0.3) is 21.8 Å². The van der Waals surface area contributed by atoms with Crippen LogP contribution < -0.4 is 4.74 Å². The summed E-state index contributed by atoms with van der Waals surface area (Å²) in [6, 6.07) is 27.1. The van der Waals surface area contributed by atoms with E-state index < -0.39 is 0 Å². The van der Waals surface area contributed by atoms with Crippen LogP contribution in [0.1, 0.15) is 58.5 Å². The average molecular weight is 557 g/mol. The number of benzene rings is 3. The number of para-hydroxylation sites is 1. The van der Waals surface area contributed by atoms with Crippen molar-refractivity contribution >= 4 is 45.2 Å². The van der Waals surface area contributed by atoms with Crippen molar-refractivity contribution in [1.82, 2.24) is 9.55 Å². The average Bonchev–Trinajstić information content (AvgIpc) is 3.13. The Balaban J connectivity index is 1.56. The van der Waals surface area contributed by atoms with Gasteiger partial charge >= 0.3 is 0 Å². The summed E-state index contributed by atoms with van der Waals surface area (Å²) >= 11 is 8.14. The molecule has 0 aliphatic rings. The van der Waals surface area contributed by atoms with Crippen LogP contribution in [0.4, 0.5) is 0 Å². The van der Waals surface area contributed by atoms with E-state index in [0.29, 0.717) is 6.61 Å². The van der Waals surface area contributed by atoms with Gasteiger partial charge in [0.1, 0.15) is 12.4 Å². The number of fused-ring (bicyclic) bond motifs is 2. The number of nitrogens with zero attached hydrogens (tertiary/aromatic N) is 2. The topological polar surface area (TPSA) is 27.1 Å². The van der Waals surface area contributed by atoms with Gasteiger partial charge in [0.2, 0.25) is 0 Å². The third-order valence-corrected chi connectivity index (χ3v) is 8.02. The molecule has 0 aliphatic carbocycles. The van der Waals surface area contributed by atoms with Crippen LogP contribution in [0.5, 0.6) is 5.75 Å². The Morgan fingerprint density at radius 1 is 0.872 bits per heavy atom. The molecule has 2 heterocycles. The van der Waals surface area contributed by atoms with E-state index in [0.717, 1.165) is 40.3 Å². The van der Waals surface area contributed by atoms with Crippen LogP contribution in [0, 0.1) is 5.41 Å². The summed E-state index contributed by atoms with van der Waals surface area (Å²) in [6.07, 6.45) is 0.977. The van der Waals surface area contributed by atoms with Gasteiger partial charge in [-0.15, -0.1) is 11.8 Å². The Bertz CT molecular complexity index is 1610. The third-order valence-electron chi connectivity index (χ3n) is 6.49. The molecular weight excluding hydrogens is 520 g/mol. The lowest BCUT2D eigenvalue weighted by Gasteiger charge is -2.24. The lowest BCUT2D eigenvalue weighted by Crippen LogP contribution is -2.16. The monoisotopic (exact) mass is 556 g/mol. The van der Waals surface area contributed by atoms with E-state index in [4.69, 9.17) is 21.3 Å². The number of hydrogen-bond donors (Lipinski definition) is 0. The Morgan fingerprint density at radius 3 is 2.33 bits per heavy atom. The summed E-state index contributed by atoms with van der Waals surface area (Å²) in [6.45, 7) is 15.0. The van der Waals surface area contributed by atoms with Gasteiger partial charge < -0.3 is 9.30 Å². The van der Waals surface area contributed by atoms with Gasteiger partial charge in [-0.2, -0.15) is 0 Å². The summed E-state index contributed by atoms with van der Waals surface area (Å²) in [5.41, 5.74) is 5.89. The number of rotatable bonds is 7. The van der Waals surface area contributed by atoms with Crippen LogP contribution in [-0.2, 0) is 19.6 Å². The SMILES string of the molecule is CC(C)(C)Cc1c(SC(C)(C)C)c2cc(OCc3ccc4ccccc4n3)ccc2n1Cc1ccc(Cl)cc1. The maximum atomic E-state index is 6.32. The van der Waals surface area contributed by atoms with E-state index in [1.165, 1.54) is 27.1 Å². The Hall–Kier alpha value is -2.95. The number of halogens is 1. The molecule has 5 aromatic rings. The molecule has 0 saturated heterocycles. The molecule has 0 aliphatic heterocycles. The molecule has 5 rings (SSSR count). The van der Waals surface area contributed by atoms with Crippen molar-refractivity contribution in [3.63, 3.8) is 0 Å². The van der Waals surface area contributed by atoms with Crippen molar-refractivity contribution < 1.29 is 4.74 Å². The van der Waals surface area contributed by atoms with Crippen molar-refractivity contribution in [1.29, 1.82) is 0 Å². The predicted molar refractivity (Wildman–Crippen MR) is 167 cm³/mol. The number of hydrogen-bond acceptors (Lipinski definition) is 3. The minimum atomic E-state index is 0.0674. The highest BCUT2D eigenvalue weighted by Crippen LogP contribution is 2.44. The second-order valence-corrected chi connectivity index (χ2v) is 14.7. The maximum absolute atomic E-state index is 6.32. The molecule has 0 spiro atoms. The smallest absolute Gasteiger partial charge is 0.130 e. The van der Waals surface area contributed by atoms with Crippen LogP contribution in [-0.4, -0.2) is 14.3 Å². The highest BCUT2D eigenvalue weighted by atomic mass is 35.5. The van der Waals surface area contributed by atoms with E-state index in [-0.39, 0.29) is 10.2 Å². The molecule has 0 amide bonds. The zero-order valence-electron chi connectivity index (χ0n) is 23.7. The molecule has 2 aromatic heterocycles. The van der Waals surface area contributed by atoms with Gasteiger partial charge in [0, 0.05) is 43.2 Å². The van der Waals surface area contributed by atoms with Gasteiger partial charge in [-0.05, 0) is 59.9 Å². The third kappa shape index (κ3) is 6.80. The molecule has 3 aromatic carbocycles. The molecule has 3 nitrogen and oxygen atoms in total. The normalized spacial score (nSPS) is 12.4. The van der Waals surface area contributed by atoms with Crippen LogP contribution in [0.15, 0.2) is 83.8 Å². The van der Waals surface area contributed by atoms with Crippen molar-refractivity contribution in [2.75, 3.05) is 0 Å². The van der Waals surface area contributed by atoms with Gasteiger partial charge in [0.15, 0.2) is 0 Å². The standard InChI is InChI=1S/C34H37ClN2OS/c1-33(2,3)20-31-32(39-34(4,5)6)28-19-27(38-22-26-16-13-24-9-7-8-10-29(24)36-26)17-18-30(28)37(31)21-23-11-14-25(35)15-12-23/h7-19H,20-22H2,1-6H3. The minimum absolute atomic E-state index is 0.0674. The van der Waals surface area contributed by atoms with Crippen LogP contribution in [0.3, 0.4) is 0 Å². The molecule has 0 fully saturated rings. The van der Waals surface area contributed by atoms with Gasteiger partial charge in [0.25, 0.3) is 0 Å². The summed E-state index contributed by atoms with van der Waals surface area (Å²) in [7, 11) is 0. The van der Waals surface area contributed by atoms with E-state index in [9.17, 15) is 0 Å². The van der Waals surface area contributed by atoms with Crippen LogP contribution in [0.2, 0.25) is 5.02 Å². The summed E-state index contributed by atoms with van der Waals surface area (Å²) in [4.78, 5) is 6.13. The zero-order valence-corrected chi connectivity index (χ0v) is 25.3. The highest BCUT2D eigenvalue weighted by molar-refractivity contribution is 8.00. The molecule has 5 heteroatoms. The van der Waals surface area contributed by atoms with Gasteiger partial charge in [0.05, 0.1) is 11.2 Å². The first kappa shape index (κ1) is 27.6. The molecule has 0 bridgehead atoms. The quantitative estimate of drug-likeness (QED) is 0.187. The van der Waals surface area contributed by atoms with E-state index in [1.54, 1.807) is 0 Å². The molecule has 202 valence electrons. The molecule has 0 unspecified atom stereocenters. The van der Waals surface area contributed by atoms with Crippen molar-refractivity contribution in [2.24, 2.45) is 5.41 Å². The first-order valence-electron chi connectivity index (χ1n) is 13.5. The summed E-state index contributed by atoms with van der Waals surface area (Å²) < 4.78 is 8.88. The molecule has 0 atom stereocenters. The molecule has 0 saturated carbocycles. The van der Waals surface area contributed by atoms with Gasteiger partial charge in [-0.3, -0.25) is 0 Å². The van der Waals surface area contributed by atoms with Crippen LogP contribution >= 0.6 is 23.4 Å². The highest BCUT2D eigenvalue weighted by Gasteiger charge is 2.26. The maximum Gasteiger partial charge on any atom is 0.130 e. The lowest BCUT2D eigenvalue weighted by molar-refractivity contribution is 0.302. The number of pyridine rings is 1. The molecule has 0 N–H and O–H groups in total. The largest absolute Gasteiger partial charge is 0.487 e. The number of aromatic nitrogens is 2. The minimum Gasteiger partial charge on any atom is -0.487 e. The van der Waals surface area contributed by atoms with Crippen molar-refractivity contribution in [3.8, 4) is 5.75 Å². The fourth-order valence-corrected chi connectivity index (χ4v) is 6.15. The van der Waals surface area contributed by atoms with Crippen molar-refractivity contribution in [3.05, 3.63) is 101 Å². The summed E-state index contributed by atoms with van der Waals surface area (Å²) in [5.74, 6) is 0.860. The first-order chi connectivity index (χ1) is 18.4. The Morgan fingerprint density at radius 2 is 1.62 bits per heavy atom. The number of ether oxygens (including phenoxy) is 1. The van der Waals surface area contributed by atoms with Gasteiger partial charge in [-0.25, -0.2) is 4.98 Å². The first-order valence-corrected chi connectivity index (χ1v) is 14.7. The number of thioether (sulfide) groups is 1. The molecule has 0 radical (unpaired) electrons. The predicted octanol–water partition coefficient (Wildman–Crippen LogP) is 9.95. The van der Waals surface area contributed by atoms with Gasteiger partial charge in [-0.1, -0.05) is 89.5 Å². The lowest BCUT2D eigenvalue weighted by atomic mass is 9.90. The summed E-state index contributed by atoms with van der Waals surface area (Å²) in [5, 5.41) is 3.14. The zero-order chi connectivity index (χ0) is 27.8. The van der Waals surface area contributed by atoms with E-state index in [1.807, 2.05) is 48.2 Å². The molecule has 39 heavy (non-hydrogen) atoms.